The summed E-state index contributed by atoms with van der Waals surface area (Å²) >= 11 is 6.15. The maximum atomic E-state index is 6.15. The molecule has 16 heavy (non-hydrogen) atoms. The molecule has 2 atom stereocenters. The summed E-state index contributed by atoms with van der Waals surface area (Å²) in [6.45, 7) is 6.36. The maximum absolute atomic E-state index is 6.15. The summed E-state index contributed by atoms with van der Waals surface area (Å²) < 4.78 is 0. The summed E-state index contributed by atoms with van der Waals surface area (Å²) in [5.74, 6) is 0.548. The van der Waals surface area contributed by atoms with E-state index in [2.05, 4.69) is 24.8 Å². The van der Waals surface area contributed by atoms with Crippen molar-refractivity contribution < 1.29 is 0 Å². The molecule has 0 amide bonds. The normalized spacial score (nSPS) is 25.9. The lowest BCUT2D eigenvalue weighted by molar-refractivity contribution is 0.382. The average molecular weight is 239 g/mol. The molecule has 0 bridgehead atoms. The SMILES string of the molecule is Cc1c(Cl)cccc1N1CCC(N)C(C)C1. The van der Waals surface area contributed by atoms with Crippen LogP contribution >= 0.6 is 11.6 Å². The van der Waals surface area contributed by atoms with Gasteiger partial charge < -0.3 is 10.6 Å². The fourth-order valence-corrected chi connectivity index (χ4v) is 2.49. The van der Waals surface area contributed by atoms with Crippen molar-refractivity contribution in [2.45, 2.75) is 26.3 Å². The maximum Gasteiger partial charge on any atom is 0.0455 e. The zero-order valence-corrected chi connectivity index (χ0v) is 10.7. The molecular weight excluding hydrogens is 220 g/mol. The Hall–Kier alpha value is -0.730. The van der Waals surface area contributed by atoms with Gasteiger partial charge >= 0.3 is 0 Å². The van der Waals surface area contributed by atoms with Crippen molar-refractivity contribution >= 4 is 17.3 Å². The molecule has 1 aromatic rings. The minimum atomic E-state index is 0.343. The fraction of sp³-hybridized carbons (Fsp3) is 0.538. The number of halogens is 1. The van der Waals surface area contributed by atoms with Crippen LogP contribution < -0.4 is 10.6 Å². The van der Waals surface area contributed by atoms with Crippen LogP contribution in [-0.4, -0.2) is 19.1 Å². The molecule has 0 saturated carbocycles. The second-order valence-corrected chi connectivity index (χ2v) is 5.17. The van der Waals surface area contributed by atoms with Gasteiger partial charge in [0, 0.05) is 29.8 Å². The lowest BCUT2D eigenvalue weighted by Crippen LogP contribution is -2.46. The molecule has 2 rings (SSSR count). The van der Waals surface area contributed by atoms with E-state index in [1.807, 2.05) is 12.1 Å². The van der Waals surface area contributed by atoms with E-state index in [0.29, 0.717) is 12.0 Å². The Labute approximate surface area is 102 Å². The summed E-state index contributed by atoms with van der Waals surface area (Å²) in [5, 5.41) is 0.847. The van der Waals surface area contributed by atoms with Crippen LogP contribution in [0.15, 0.2) is 18.2 Å². The van der Waals surface area contributed by atoms with Gasteiger partial charge in [-0.1, -0.05) is 24.6 Å². The van der Waals surface area contributed by atoms with Crippen LogP contribution in [0.4, 0.5) is 5.69 Å². The van der Waals surface area contributed by atoms with E-state index in [9.17, 15) is 0 Å². The van der Waals surface area contributed by atoms with Gasteiger partial charge in [0.25, 0.3) is 0 Å². The zero-order valence-electron chi connectivity index (χ0n) is 9.91. The summed E-state index contributed by atoms with van der Waals surface area (Å²) in [5.41, 5.74) is 8.46. The van der Waals surface area contributed by atoms with Crippen LogP contribution in [0.1, 0.15) is 18.9 Å². The Bertz CT molecular complexity index is 378. The van der Waals surface area contributed by atoms with E-state index >= 15 is 0 Å². The number of benzene rings is 1. The van der Waals surface area contributed by atoms with E-state index in [4.69, 9.17) is 17.3 Å². The first-order valence-corrected chi connectivity index (χ1v) is 6.23. The molecule has 2 unspecified atom stereocenters. The van der Waals surface area contributed by atoms with E-state index in [0.717, 1.165) is 24.5 Å². The highest BCUT2D eigenvalue weighted by Gasteiger charge is 2.24. The predicted molar refractivity (Wildman–Crippen MR) is 70.2 cm³/mol. The summed E-state index contributed by atoms with van der Waals surface area (Å²) in [6.07, 6.45) is 1.06. The minimum Gasteiger partial charge on any atom is -0.371 e. The fourth-order valence-electron chi connectivity index (χ4n) is 2.32. The summed E-state index contributed by atoms with van der Waals surface area (Å²) in [6, 6.07) is 6.45. The Kier molecular flexibility index (Phi) is 3.41. The molecule has 1 aromatic carbocycles. The number of hydrogen-bond acceptors (Lipinski definition) is 2. The van der Waals surface area contributed by atoms with Crippen LogP contribution in [0.3, 0.4) is 0 Å². The molecule has 0 aliphatic carbocycles. The molecule has 2 N–H and O–H groups in total. The number of nitrogens with two attached hydrogens (primary N) is 1. The molecule has 1 heterocycles. The van der Waals surface area contributed by atoms with Gasteiger partial charge in [-0.05, 0) is 37.0 Å². The highest BCUT2D eigenvalue weighted by molar-refractivity contribution is 6.31. The third-order valence-electron chi connectivity index (χ3n) is 3.55. The van der Waals surface area contributed by atoms with Crippen molar-refractivity contribution in [3.8, 4) is 0 Å². The lowest BCUT2D eigenvalue weighted by Gasteiger charge is -2.37. The van der Waals surface area contributed by atoms with Crippen molar-refractivity contribution in [1.29, 1.82) is 0 Å². The van der Waals surface area contributed by atoms with Gasteiger partial charge in [0.15, 0.2) is 0 Å². The third-order valence-corrected chi connectivity index (χ3v) is 3.96. The number of anilines is 1. The smallest absolute Gasteiger partial charge is 0.0455 e. The highest BCUT2D eigenvalue weighted by atomic mass is 35.5. The van der Waals surface area contributed by atoms with Crippen LogP contribution in [0.5, 0.6) is 0 Å². The number of rotatable bonds is 1. The number of nitrogens with zero attached hydrogens (tertiary/aromatic N) is 1. The summed E-state index contributed by atoms with van der Waals surface area (Å²) in [4.78, 5) is 2.40. The molecule has 1 aliphatic rings. The van der Waals surface area contributed by atoms with E-state index < -0.39 is 0 Å². The molecule has 1 aliphatic heterocycles. The molecule has 3 heteroatoms. The van der Waals surface area contributed by atoms with Crippen molar-refractivity contribution in [2.24, 2.45) is 11.7 Å². The van der Waals surface area contributed by atoms with Gasteiger partial charge in [0.2, 0.25) is 0 Å². The van der Waals surface area contributed by atoms with Crippen molar-refractivity contribution in [1.82, 2.24) is 0 Å². The quantitative estimate of drug-likeness (QED) is 0.815. The van der Waals surface area contributed by atoms with Gasteiger partial charge in [-0.3, -0.25) is 0 Å². The van der Waals surface area contributed by atoms with Gasteiger partial charge in [0.05, 0.1) is 0 Å². The first-order chi connectivity index (χ1) is 7.59. The van der Waals surface area contributed by atoms with E-state index in [1.54, 1.807) is 0 Å². The largest absolute Gasteiger partial charge is 0.371 e. The highest BCUT2D eigenvalue weighted by Crippen LogP contribution is 2.29. The van der Waals surface area contributed by atoms with Crippen LogP contribution in [0, 0.1) is 12.8 Å². The number of hydrogen-bond donors (Lipinski definition) is 1. The minimum absolute atomic E-state index is 0.343. The molecule has 0 radical (unpaired) electrons. The van der Waals surface area contributed by atoms with Gasteiger partial charge in [-0.2, -0.15) is 0 Å². The molecule has 88 valence electrons. The Morgan fingerprint density at radius 3 is 2.88 bits per heavy atom. The van der Waals surface area contributed by atoms with Gasteiger partial charge in [0.1, 0.15) is 0 Å². The molecule has 1 saturated heterocycles. The summed E-state index contributed by atoms with van der Waals surface area (Å²) in [7, 11) is 0. The molecule has 2 nitrogen and oxygen atoms in total. The second kappa shape index (κ2) is 4.64. The van der Waals surface area contributed by atoms with E-state index in [1.165, 1.54) is 11.3 Å². The molecular formula is C13H19ClN2. The first kappa shape index (κ1) is 11.7. The Morgan fingerprint density at radius 2 is 2.19 bits per heavy atom. The predicted octanol–water partition coefficient (Wildman–Crippen LogP) is 2.82. The van der Waals surface area contributed by atoms with Crippen molar-refractivity contribution in [3.63, 3.8) is 0 Å². The Balaban J connectivity index is 2.22. The van der Waals surface area contributed by atoms with Crippen molar-refractivity contribution in [2.75, 3.05) is 18.0 Å². The second-order valence-electron chi connectivity index (χ2n) is 4.76. The number of piperidine rings is 1. The standard InChI is InChI=1S/C13H19ClN2/c1-9-8-16(7-6-12(9)15)13-5-3-4-11(14)10(13)2/h3-5,9,12H,6-8,15H2,1-2H3. The van der Waals surface area contributed by atoms with Crippen LogP contribution in [0.25, 0.3) is 0 Å². The van der Waals surface area contributed by atoms with Crippen molar-refractivity contribution in [3.05, 3.63) is 28.8 Å². The van der Waals surface area contributed by atoms with E-state index in [-0.39, 0.29) is 0 Å². The van der Waals surface area contributed by atoms with Gasteiger partial charge in [-0.15, -0.1) is 0 Å². The molecule has 0 spiro atoms. The topological polar surface area (TPSA) is 29.3 Å². The molecule has 1 fully saturated rings. The Morgan fingerprint density at radius 1 is 1.44 bits per heavy atom. The average Bonchev–Trinajstić information content (AvgIpc) is 2.26. The first-order valence-electron chi connectivity index (χ1n) is 5.85. The third kappa shape index (κ3) is 2.18. The lowest BCUT2D eigenvalue weighted by atomic mass is 9.94. The zero-order chi connectivity index (χ0) is 11.7. The monoisotopic (exact) mass is 238 g/mol. The molecule has 0 aromatic heterocycles. The van der Waals surface area contributed by atoms with Gasteiger partial charge in [-0.25, -0.2) is 0 Å². The van der Waals surface area contributed by atoms with Crippen LogP contribution in [-0.2, 0) is 0 Å². The van der Waals surface area contributed by atoms with Crippen LogP contribution in [0.2, 0.25) is 5.02 Å².